The van der Waals surface area contributed by atoms with Crippen molar-refractivity contribution in [1.82, 2.24) is 4.31 Å². The Morgan fingerprint density at radius 1 is 1.32 bits per heavy atom. The normalized spacial score (nSPS) is 17.2. The third-order valence-corrected chi connectivity index (χ3v) is 5.83. The molecule has 0 saturated carbocycles. The predicted molar refractivity (Wildman–Crippen MR) is 85.4 cm³/mol. The Labute approximate surface area is 131 Å². The molecule has 122 valence electrons. The molecule has 22 heavy (non-hydrogen) atoms. The molecule has 1 aromatic carbocycles. The summed E-state index contributed by atoms with van der Waals surface area (Å²) in [4.78, 5) is 12.3. The summed E-state index contributed by atoms with van der Waals surface area (Å²) in [7, 11) is -1.60. The Morgan fingerprint density at radius 3 is 2.55 bits per heavy atom. The van der Waals surface area contributed by atoms with Crippen molar-refractivity contribution in [2.75, 3.05) is 31.3 Å². The zero-order chi connectivity index (χ0) is 16.2. The average Bonchev–Trinajstić information content (AvgIpc) is 2.55. The monoisotopic (exact) mass is 326 g/mol. The van der Waals surface area contributed by atoms with Crippen LogP contribution in [-0.2, 0) is 14.8 Å². The van der Waals surface area contributed by atoms with Crippen molar-refractivity contribution in [2.45, 2.75) is 19.8 Å². The van der Waals surface area contributed by atoms with E-state index < -0.39 is 10.0 Å². The molecule has 0 bridgehead atoms. The first-order valence-corrected chi connectivity index (χ1v) is 9.00. The SMILES string of the molecule is CCS(=O)(=O)N1CCC(C(=O)Nc2ccccc2OC)CC1. The molecular formula is C15H22N2O4S. The lowest BCUT2D eigenvalue weighted by Gasteiger charge is -2.30. The maximum Gasteiger partial charge on any atom is 0.227 e. The fraction of sp³-hybridized carbons (Fsp3) is 0.533. The molecule has 1 aliphatic rings. The lowest BCUT2D eigenvalue weighted by atomic mass is 9.97. The smallest absolute Gasteiger partial charge is 0.227 e. The molecule has 1 aliphatic heterocycles. The third kappa shape index (κ3) is 3.78. The van der Waals surface area contributed by atoms with Gasteiger partial charge in [0.05, 0.1) is 18.6 Å². The lowest BCUT2D eigenvalue weighted by molar-refractivity contribution is -0.120. The molecule has 7 heteroatoms. The van der Waals surface area contributed by atoms with Gasteiger partial charge >= 0.3 is 0 Å². The predicted octanol–water partition coefficient (Wildman–Crippen LogP) is 1.70. The van der Waals surface area contributed by atoms with Gasteiger partial charge in [0.1, 0.15) is 5.75 Å². The lowest BCUT2D eigenvalue weighted by Crippen LogP contribution is -2.42. The van der Waals surface area contributed by atoms with E-state index in [4.69, 9.17) is 4.74 Å². The maximum absolute atomic E-state index is 12.3. The van der Waals surface area contributed by atoms with E-state index in [9.17, 15) is 13.2 Å². The second-order valence-corrected chi connectivity index (χ2v) is 7.52. The van der Waals surface area contributed by atoms with Gasteiger partial charge in [0.15, 0.2) is 0 Å². The standard InChI is InChI=1S/C15H22N2O4S/c1-3-22(19,20)17-10-8-12(9-11-17)15(18)16-13-6-4-5-7-14(13)21-2/h4-7,12H,3,8-11H2,1-2H3,(H,16,18). The number of piperidine rings is 1. The Hall–Kier alpha value is -1.60. The zero-order valence-electron chi connectivity index (χ0n) is 12.9. The van der Waals surface area contributed by atoms with E-state index >= 15 is 0 Å². The van der Waals surface area contributed by atoms with Crippen LogP contribution in [0.15, 0.2) is 24.3 Å². The molecule has 1 N–H and O–H groups in total. The van der Waals surface area contributed by atoms with Gasteiger partial charge in [0.2, 0.25) is 15.9 Å². The van der Waals surface area contributed by atoms with Crippen LogP contribution in [0, 0.1) is 5.92 Å². The number of sulfonamides is 1. The van der Waals surface area contributed by atoms with Crippen molar-refractivity contribution >= 4 is 21.6 Å². The summed E-state index contributed by atoms with van der Waals surface area (Å²) in [6.45, 7) is 2.44. The maximum atomic E-state index is 12.3. The summed E-state index contributed by atoms with van der Waals surface area (Å²) in [6, 6.07) is 7.23. The van der Waals surface area contributed by atoms with Crippen LogP contribution in [0.5, 0.6) is 5.75 Å². The second-order valence-electron chi connectivity index (χ2n) is 5.26. The van der Waals surface area contributed by atoms with E-state index in [0.717, 1.165) is 0 Å². The molecule has 6 nitrogen and oxygen atoms in total. The average molecular weight is 326 g/mol. The number of hydrogen-bond acceptors (Lipinski definition) is 4. The number of methoxy groups -OCH3 is 1. The first kappa shape index (κ1) is 16.8. The van der Waals surface area contributed by atoms with Crippen LogP contribution in [0.1, 0.15) is 19.8 Å². The number of carbonyl (C=O) groups is 1. The number of rotatable bonds is 5. The van der Waals surface area contributed by atoms with E-state index in [2.05, 4.69) is 5.32 Å². The number of nitrogens with one attached hydrogen (secondary N) is 1. The molecule has 1 saturated heterocycles. The molecule has 1 amide bonds. The van der Waals surface area contributed by atoms with Crippen molar-refractivity contribution in [2.24, 2.45) is 5.92 Å². The number of para-hydroxylation sites is 2. The molecule has 1 heterocycles. The number of benzene rings is 1. The molecule has 0 aliphatic carbocycles. The van der Waals surface area contributed by atoms with Gasteiger partial charge < -0.3 is 10.1 Å². The van der Waals surface area contributed by atoms with Crippen molar-refractivity contribution in [3.05, 3.63) is 24.3 Å². The minimum absolute atomic E-state index is 0.0851. The van der Waals surface area contributed by atoms with E-state index in [1.54, 1.807) is 26.2 Å². The highest BCUT2D eigenvalue weighted by Crippen LogP contribution is 2.26. The first-order valence-electron chi connectivity index (χ1n) is 7.39. The Balaban J connectivity index is 1.96. The topological polar surface area (TPSA) is 75.7 Å². The molecule has 0 unspecified atom stereocenters. The van der Waals surface area contributed by atoms with E-state index in [1.165, 1.54) is 4.31 Å². The van der Waals surface area contributed by atoms with E-state index in [-0.39, 0.29) is 17.6 Å². The molecule has 0 aromatic heterocycles. The van der Waals surface area contributed by atoms with Gasteiger partial charge in [-0.1, -0.05) is 12.1 Å². The van der Waals surface area contributed by atoms with Crippen molar-refractivity contribution in [3.8, 4) is 5.75 Å². The zero-order valence-corrected chi connectivity index (χ0v) is 13.7. The van der Waals surface area contributed by atoms with Crippen LogP contribution < -0.4 is 10.1 Å². The fourth-order valence-corrected chi connectivity index (χ4v) is 3.69. The van der Waals surface area contributed by atoms with Gasteiger partial charge in [0, 0.05) is 19.0 Å². The molecule has 0 spiro atoms. The highest BCUT2D eigenvalue weighted by atomic mass is 32.2. The van der Waals surface area contributed by atoms with Crippen LogP contribution >= 0.6 is 0 Å². The molecule has 0 radical (unpaired) electrons. The number of anilines is 1. The fourth-order valence-electron chi connectivity index (χ4n) is 2.56. The summed E-state index contributed by atoms with van der Waals surface area (Å²) >= 11 is 0. The van der Waals surface area contributed by atoms with Gasteiger partial charge in [-0.25, -0.2) is 12.7 Å². The Morgan fingerprint density at radius 2 is 1.95 bits per heavy atom. The van der Waals surface area contributed by atoms with E-state index in [0.29, 0.717) is 37.4 Å². The summed E-state index contributed by atoms with van der Waals surface area (Å²) < 4.78 is 30.3. The third-order valence-electron chi connectivity index (χ3n) is 3.95. The number of nitrogens with zero attached hydrogens (tertiary/aromatic N) is 1. The number of amides is 1. The summed E-state index contributed by atoms with van der Waals surface area (Å²) in [5.74, 6) is 0.457. The summed E-state index contributed by atoms with van der Waals surface area (Å²) in [5, 5.41) is 2.87. The van der Waals surface area contributed by atoms with Gasteiger partial charge in [-0.2, -0.15) is 0 Å². The highest BCUT2D eigenvalue weighted by molar-refractivity contribution is 7.89. The van der Waals surface area contributed by atoms with Gasteiger partial charge in [0.25, 0.3) is 0 Å². The van der Waals surface area contributed by atoms with Gasteiger partial charge in [-0.3, -0.25) is 4.79 Å². The van der Waals surface area contributed by atoms with Crippen LogP contribution in [0.2, 0.25) is 0 Å². The summed E-state index contributed by atoms with van der Waals surface area (Å²) in [5.41, 5.74) is 0.638. The number of hydrogen-bond donors (Lipinski definition) is 1. The largest absolute Gasteiger partial charge is 0.495 e. The van der Waals surface area contributed by atoms with Crippen LogP contribution in [0.4, 0.5) is 5.69 Å². The van der Waals surface area contributed by atoms with Crippen molar-refractivity contribution < 1.29 is 17.9 Å². The molecular weight excluding hydrogens is 304 g/mol. The minimum atomic E-state index is -3.16. The van der Waals surface area contributed by atoms with Crippen molar-refractivity contribution in [3.63, 3.8) is 0 Å². The quantitative estimate of drug-likeness (QED) is 0.893. The van der Waals surface area contributed by atoms with Gasteiger partial charge in [-0.15, -0.1) is 0 Å². The molecule has 0 atom stereocenters. The number of ether oxygens (including phenoxy) is 1. The Kier molecular flexibility index (Phi) is 5.42. The van der Waals surface area contributed by atoms with Crippen LogP contribution in [0.25, 0.3) is 0 Å². The first-order chi connectivity index (χ1) is 10.5. The molecule has 2 rings (SSSR count). The van der Waals surface area contributed by atoms with Gasteiger partial charge in [-0.05, 0) is 31.9 Å². The second kappa shape index (κ2) is 7.11. The Bertz CT molecular complexity index is 622. The van der Waals surface area contributed by atoms with Crippen LogP contribution in [-0.4, -0.2) is 44.6 Å². The van der Waals surface area contributed by atoms with E-state index in [1.807, 2.05) is 12.1 Å². The van der Waals surface area contributed by atoms with Crippen LogP contribution in [0.3, 0.4) is 0 Å². The number of carbonyl (C=O) groups excluding carboxylic acids is 1. The molecule has 1 fully saturated rings. The van der Waals surface area contributed by atoms with Crippen molar-refractivity contribution in [1.29, 1.82) is 0 Å². The minimum Gasteiger partial charge on any atom is -0.495 e. The highest BCUT2D eigenvalue weighted by Gasteiger charge is 2.30. The molecule has 1 aromatic rings. The summed E-state index contributed by atoms with van der Waals surface area (Å²) in [6.07, 6.45) is 1.08.